The maximum Gasteiger partial charge on any atom is 0.573 e. The predicted molar refractivity (Wildman–Crippen MR) is 79.7 cm³/mol. The van der Waals surface area contributed by atoms with Gasteiger partial charge in [-0.2, -0.15) is 5.26 Å². The molecule has 0 aliphatic carbocycles. The third-order valence-electron chi connectivity index (χ3n) is 2.87. The Hall–Kier alpha value is -2.95. The van der Waals surface area contributed by atoms with Crippen LogP contribution in [-0.2, 0) is 0 Å². The highest BCUT2D eigenvalue weighted by molar-refractivity contribution is 5.72. The molecule has 0 radical (unpaired) electrons. The van der Waals surface area contributed by atoms with Gasteiger partial charge in [0.15, 0.2) is 0 Å². The first-order chi connectivity index (χ1) is 10.8. The summed E-state index contributed by atoms with van der Waals surface area (Å²) in [4.78, 5) is 5.87. The van der Waals surface area contributed by atoms with Crippen LogP contribution in [0.4, 0.5) is 30.4 Å². The number of rotatable bonds is 4. The average Bonchev–Trinajstić information content (AvgIpc) is 2.47. The van der Waals surface area contributed by atoms with Gasteiger partial charge in [0.25, 0.3) is 0 Å². The van der Waals surface area contributed by atoms with Crippen LogP contribution >= 0.6 is 0 Å². The summed E-state index contributed by atoms with van der Waals surface area (Å²) in [7, 11) is 3.59. The molecule has 0 unspecified atom stereocenters. The predicted octanol–water partition coefficient (Wildman–Crippen LogP) is 3.66. The quantitative estimate of drug-likeness (QED) is 0.931. The van der Waals surface area contributed by atoms with Gasteiger partial charge in [-0.1, -0.05) is 0 Å². The van der Waals surface area contributed by atoms with E-state index in [-0.39, 0.29) is 5.75 Å². The van der Waals surface area contributed by atoms with Crippen molar-refractivity contribution in [3.8, 4) is 11.8 Å². The molecule has 1 heterocycles. The van der Waals surface area contributed by atoms with Gasteiger partial charge in [-0.05, 0) is 30.3 Å². The minimum Gasteiger partial charge on any atom is -0.406 e. The van der Waals surface area contributed by atoms with E-state index in [0.29, 0.717) is 22.8 Å². The van der Waals surface area contributed by atoms with Crippen LogP contribution in [0.5, 0.6) is 5.75 Å². The Bertz CT molecular complexity index is 721. The molecule has 0 saturated heterocycles. The fourth-order valence-electron chi connectivity index (χ4n) is 1.91. The number of aromatic nitrogens is 1. The Labute approximate surface area is 130 Å². The van der Waals surface area contributed by atoms with Crippen molar-refractivity contribution >= 4 is 17.2 Å². The number of anilines is 3. The van der Waals surface area contributed by atoms with Crippen LogP contribution in [0.25, 0.3) is 0 Å². The second-order valence-electron chi connectivity index (χ2n) is 4.76. The zero-order chi connectivity index (χ0) is 17.0. The summed E-state index contributed by atoms with van der Waals surface area (Å²) in [6, 6.07) is 8.94. The smallest absolute Gasteiger partial charge is 0.406 e. The summed E-state index contributed by atoms with van der Waals surface area (Å²) in [5.41, 5.74) is 1.51. The number of nitrogens with one attached hydrogen (secondary N) is 1. The Balaban J connectivity index is 2.23. The number of pyridine rings is 1. The number of halogens is 3. The molecule has 1 aromatic carbocycles. The Morgan fingerprint density at radius 2 is 1.83 bits per heavy atom. The summed E-state index contributed by atoms with van der Waals surface area (Å²) < 4.78 is 40.2. The Morgan fingerprint density at radius 3 is 2.35 bits per heavy atom. The van der Waals surface area contributed by atoms with Gasteiger partial charge in [-0.15, -0.1) is 13.2 Å². The lowest BCUT2D eigenvalue weighted by Crippen LogP contribution is -2.17. The van der Waals surface area contributed by atoms with Gasteiger partial charge in [0.2, 0.25) is 0 Å². The van der Waals surface area contributed by atoms with E-state index >= 15 is 0 Å². The van der Waals surface area contributed by atoms with E-state index in [2.05, 4.69) is 21.1 Å². The van der Waals surface area contributed by atoms with Crippen molar-refractivity contribution in [2.75, 3.05) is 24.3 Å². The van der Waals surface area contributed by atoms with Crippen molar-refractivity contribution in [2.45, 2.75) is 6.36 Å². The van der Waals surface area contributed by atoms with Crippen LogP contribution in [0.1, 0.15) is 5.56 Å². The zero-order valence-corrected chi connectivity index (χ0v) is 12.3. The van der Waals surface area contributed by atoms with Crippen LogP contribution < -0.4 is 15.0 Å². The van der Waals surface area contributed by atoms with Crippen molar-refractivity contribution in [3.63, 3.8) is 0 Å². The van der Waals surface area contributed by atoms with Gasteiger partial charge < -0.3 is 15.0 Å². The van der Waals surface area contributed by atoms with Gasteiger partial charge in [-0.25, -0.2) is 4.98 Å². The number of alkyl halides is 3. The molecular weight excluding hydrogens is 309 g/mol. The van der Waals surface area contributed by atoms with E-state index in [0.717, 1.165) is 0 Å². The van der Waals surface area contributed by atoms with E-state index in [1.54, 1.807) is 31.3 Å². The second kappa shape index (κ2) is 6.44. The summed E-state index contributed by atoms with van der Waals surface area (Å²) in [5, 5.41) is 12.2. The lowest BCUT2D eigenvalue weighted by molar-refractivity contribution is -0.274. The molecule has 0 atom stereocenters. The first-order valence-electron chi connectivity index (χ1n) is 6.49. The largest absolute Gasteiger partial charge is 0.573 e. The van der Waals surface area contributed by atoms with Crippen LogP contribution in [0, 0.1) is 11.3 Å². The monoisotopic (exact) mass is 322 g/mol. The molecule has 120 valence electrons. The Kier molecular flexibility index (Phi) is 4.60. The number of hydrogen-bond acceptors (Lipinski definition) is 5. The lowest BCUT2D eigenvalue weighted by atomic mass is 10.2. The molecule has 0 amide bonds. The van der Waals surface area contributed by atoms with Gasteiger partial charge >= 0.3 is 6.36 Å². The first kappa shape index (κ1) is 16.4. The Morgan fingerprint density at radius 1 is 1.17 bits per heavy atom. The highest BCUT2D eigenvalue weighted by Gasteiger charge is 2.30. The van der Waals surface area contributed by atoms with Gasteiger partial charge in [0, 0.05) is 26.0 Å². The van der Waals surface area contributed by atoms with Crippen molar-refractivity contribution in [3.05, 3.63) is 42.1 Å². The molecule has 0 spiro atoms. The molecule has 0 saturated carbocycles. The third kappa shape index (κ3) is 4.26. The zero-order valence-electron chi connectivity index (χ0n) is 12.3. The maximum absolute atomic E-state index is 12.1. The molecule has 5 nitrogen and oxygen atoms in total. The summed E-state index contributed by atoms with van der Waals surface area (Å²) in [6.45, 7) is 0. The van der Waals surface area contributed by atoms with Gasteiger partial charge in [0.05, 0.1) is 5.69 Å². The van der Waals surface area contributed by atoms with Crippen molar-refractivity contribution in [1.29, 1.82) is 5.26 Å². The molecule has 1 aromatic heterocycles. The van der Waals surface area contributed by atoms with Crippen molar-refractivity contribution in [1.82, 2.24) is 4.98 Å². The van der Waals surface area contributed by atoms with Crippen LogP contribution in [0.3, 0.4) is 0 Å². The van der Waals surface area contributed by atoms with E-state index in [1.807, 2.05) is 0 Å². The summed E-state index contributed by atoms with van der Waals surface area (Å²) in [5.74, 6) is 0.00162. The highest BCUT2D eigenvalue weighted by Crippen LogP contribution is 2.28. The second-order valence-corrected chi connectivity index (χ2v) is 4.76. The average molecular weight is 322 g/mol. The SMILES string of the molecule is CN(C)c1ccnc(Nc2ccc(OC(F)(F)F)cc2)c1C#N. The highest BCUT2D eigenvalue weighted by atomic mass is 19.4. The molecule has 8 heteroatoms. The normalized spacial score (nSPS) is 10.8. The molecular formula is C15H13F3N4O. The fraction of sp³-hybridized carbons (Fsp3) is 0.200. The van der Waals surface area contributed by atoms with Crippen LogP contribution in [0.15, 0.2) is 36.5 Å². The third-order valence-corrected chi connectivity index (χ3v) is 2.87. The van der Waals surface area contributed by atoms with Gasteiger partial charge in [0.1, 0.15) is 23.2 Å². The standard InChI is InChI=1S/C15H13F3N4O/c1-22(2)13-7-8-20-14(12(13)9-19)21-10-3-5-11(6-4-10)23-15(16,17)18/h3-8H,1-2H3,(H,20,21). The molecule has 0 aliphatic heterocycles. The molecule has 0 bridgehead atoms. The van der Waals surface area contributed by atoms with Crippen molar-refractivity contribution < 1.29 is 17.9 Å². The van der Waals surface area contributed by atoms with Crippen molar-refractivity contribution in [2.24, 2.45) is 0 Å². The van der Waals surface area contributed by atoms with Crippen LogP contribution in [0.2, 0.25) is 0 Å². The minimum absolute atomic E-state index is 0.321. The molecule has 23 heavy (non-hydrogen) atoms. The molecule has 0 aliphatic rings. The number of benzene rings is 1. The maximum atomic E-state index is 12.1. The van der Waals surface area contributed by atoms with E-state index < -0.39 is 6.36 Å². The number of nitrogens with zero attached hydrogens (tertiary/aromatic N) is 3. The number of hydrogen-bond donors (Lipinski definition) is 1. The van der Waals surface area contributed by atoms with E-state index in [9.17, 15) is 18.4 Å². The summed E-state index contributed by atoms with van der Waals surface area (Å²) in [6.07, 6.45) is -3.19. The summed E-state index contributed by atoms with van der Waals surface area (Å²) >= 11 is 0. The van der Waals surface area contributed by atoms with Crippen LogP contribution in [-0.4, -0.2) is 25.4 Å². The fourth-order valence-corrected chi connectivity index (χ4v) is 1.91. The minimum atomic E-state index is -4.73. The lowest BCUT2D eigenvalue weighted by Gasteiger charge is -2.16. The number of ether oxygens (including phenoxy) is 1. The molecule has 2 aromatic rings. The molecule has 2 rings (SSSR count). The van der Waals surface area contributed by atoms with Gasteiger partial charge in [-0.3, -0.25) is 0 Å². The van der Waals surface area contributed by atoms with E-state index in [1.165, 1.54) is 24.3 Å². The topological polar surface area (TPSA) is 61.2 Å². The molecule has 1 N–H and O–H groups in total. The number of nitriles is 1. The first-order valence-corrected chi connectivity index (χ1v) is 6.49. The molecule has 0 fully saturated rings. The van der Waals surface area contributed by atoms with E-state index in [4.69, 9.17) is 0 Å².